The van der Waals surface area contributed by atoms with Crippen LogP contribution >= 0.6 is 0 Å². The van der Waals surface area contributed by atoms with Gasteiger partial charge >= 0.3 is 17.6 Å². The Balaban J connectivity index is 2.76. The summed E-state index contributed by atoms with van der Waals surface area (Å²) in [4.78, 5) is 11.5. The summed E-state index contributed by atoms with van der Waals surface area (Å²) in [7, 11) is 0. The molecule has 0 atom stereocenters. The Morgan fingerprint density at radius 2 is 1.82 bits per heavy atom. The number of carbonyl (C=O) groups excluding carboxylic acids is 1. The number of amides is 1. The van der Waals surface area contributed by atoms with Gasteiger partial charge in [0.05, 0.1) is 6.61 Å². The first-order chi connectivity index (χ1) is 10.4. The standard InChI is InChI=1S/C14H14N4O4/c1-4-22-14(19)16-13-12(7-15)17(20)10-5-8(2)9(3)6-11(10)18(13)21/h5-6H,4H2,1-3H3,(H,16,19). The average molecular weight is 302 g/mol. The molecule has 1 aromatic carbocycles. The van der Waals surface area contributed by atoms with Gasteiger partial charge in [0, 0.05) is 6.07 Å². The largest absolute Gasteiger partial charge is 0.710 e. The van der Waals surface area contributed by atoms with E-state index in [1.54, 1.807) is 26.8 Å². The summed E-state index contributed by atoms with van der Waals surface area (Å²) in [6.45, 7) is 5.27. The molecule has 8 heteroatoms. The van der Waals surface area contributed by atoms with Crippen LogP contribution in [0.5, 0.6) is 0 Å². The Labute approximate surface area is 126 Å². The molecular formula is C14H14N4O4. The average Bonchev–Trinajstić information content (AvgIpc) is 2.47. The van der Waals surface area contributed by atoms with Crippen LogP contribution in [0.15, 0.2) is 12.1 Å². The van der Waals surface area contributed by atoms with E-state index in [0.717, 1.165) is 11.1 Å². The molecule has 2 rings (SSSR count). The van der Waals surface area contributed by atoms with E-state index in [4.69, 9.17) is 5.26 Å². The molecule has 0 saturated heterocycles. The summed E-state index contributed by atoms with van der Waals surface area (Å²) in [5.74, 6) is -0.452. The minimum absolute atomic E-state index is 0.0592. The first-order valence-electron chi connectivity index (χ1n) is 6.54. The van der Waals surface area contributed by atoms with Crippen molar-refractivity contribution < 1.29 is 19.0 Å². The number of ether oxygens (including phenoxy) is 1. The summed E-state index contributed by atoms with van der Waals surface area (Å²) in [5, 5.41) is 36.0. The zero-order chi connectivity index (χ0) is 16.4. The Hall–Kier alpha value is -3.08. The number of nitrogens with zero attached hydrogens (tertiary/aromatic N) is 3. The summed E-state index contributed by atoms with van der Waals surface area (Å²) < 4.78 is 5.36. The molecule has 0 aliphatic carbocycles. The van der Waals surface area contributed by atoms with E-state index in [-0.39, 0.29) is 17.6 Å². The summed E-state index contributed by atoms with van der Waals surface area (Å²) >= 11 is 0. The Morgan fingerprint density at radius 1 is 1.27 bits per heavy atom. The second-order valence-electron chi connectivity index (χ2n) is 4.67. The van der Waals surface area contributed by atoms with Crippen molar-refractivity contribution in [3.63, 3.8) is 0 Å². The fourth-order valence-corrected chi connectivity index (χ4v) is 2.02. The van der Waals surface area contributed by atoms with E-state index in [1.165, 1.54) is 12.1 Å². The van der Waals surface area contributed by atoms with Gasteiger partial charge in [-0.05, 0) is 38.0 Å². The number of anilines is 1. The third kappa shape index (κ3) is 2.44. The normalized spacial score (nSPS) is 10.3. The van der Waals surface area contributed by atoms with Gasteiger partial charge in [0.1, 0.15) is 0 Å². The fraction of sp³-hybridized carbons (Fsp3) is 0.286. The molecule has 1 aromatic heterocycles. The first kappa shape index (κ1) is 15.3. The molecule has 0 saturated carbocycles. The molecule has 0 aliphatic heterocycles. The maximum atomic E-state index is 12.4. The molecule has 0 spiro atoms. The number of benzene rings is 1. The topological polar surface area (TPSA) is 116 Å². The number of hydrogen-bond acceptors (Lipinski definition) is 5. The maximum Gasteiger partial charge on any atom is 0.505 e. The van der Waals surface area contributed by atoms with Gasteiger partial charge in [-0.25, -0.2) is 4.73 Å². The Morgan fingerprint density at radius 3 is 2.32 bits per heavy atom. The molecule has 0 fully saturated rings. The molecule has 1 heterocycles. The quantitative estimate of drug-likeness (QED) is 0.660. The molecule has 22 heavy (non-hydrogen) atoms. The number of rotatable bonds is 2. The SMILES string of the molecule is CCOC(=O)Nc1c(C#N)[n+]([O-])c2cc(C)c(C)cc2[n+]1[O-]. The highest BCUT2D eigenvalue weighted by molar-refractivity contribution is 5.84. The van der Waals surface area contributed by atoms with E-state index in [1.807, 2.05) is 0 Å². The van der Waals surface area contributed by atoms with Gasteiger partial charge in [0.15, 0.2) is 6.07 Å². The third-order valence-electron chi connectivity index (χ3n) is 3.26. The number of aryl methyl sites for hydroxylation is 2. The number of nitrogens with one attached hydrogen (secondary N) is 1. The first-order valence-corrected chi connectivity index (χ1v) is 6.54. The van der Waals surface area contributed by atoms with Crippen LogP contribution in [0.1, 0.15) is 23.7 Å². The molecule has 8 nitrogen and oxygen atoms in total. The van der Waals surface area contributed by atoms with Gasteiger partial charge < -0.3 is 15.2 Å². The van der Waals surface area contributed by atoms with Crippen LogP contribution in [-0.2, 0) is 4.74 Å². The molecule has 1 N–H and O–H groups in total. The maximum absolute atomic E-state index is 12.4. The minimum Gasteiger partial charge on any atom is -0.710 e. The van der Waals surface area contributed by atoms with Crippen LogP contribution in [0.2, 0.25) is 0 Å². The summed E-state index contributed by atoms with van der Waals surface area (Å²) in [6, 6.07) is 4.70. The van der Waals surface area contributed by atoms with Crippen molar-refractivity contribution in [3.05, 3.63) is 39.4 Å². The summed E-state index contributed by atoms with van der Waals surface area (Å²) in [5.41, 5.74) is 1.24. The van der Waals surface area contributed by atoms with Crippen LogP contribution < -0.4 is 14.8 Å². The molecule has 0 unspecified atom stereocenters. The second-order valence-corrected chi connectivity index (χ2v) is 4.67. The number of nitriles is 1. The van der Waals surface area contributed by atoms with Crippen LogP contribution in [0.3, 0.4) is 0 Å². The Kier molecular flexibility index (Phi) is 3.99. The molecule has 0 radical (unpaired) electrons. The van der Waals surface area contributed by atoms with Crippen molar-refractivity contribution in [1.82, 2.24) is 0 Å². The lowest BCUT2D eigenvalue weighted by atomic mass is 10.1. The summed E-state index contributed by atoms with van der Waals surface area (Å²) in [6.07, 6.45) is -0.910. The van der Waals surface area contributed by atoms with Crippen molar-refractivity contribution in [3.8, 4) is 6.07 Å². The van der Waals surface area contributed by atoms with E-state index >= 15 is 0 Å². The predicted octanol–water partition coefficient (Wildman–Crippen LogP) is 1.16. The van der Waals surface area contributed by atoms with E-state index < -0.39 is 17.6 Å². The Bertz CT molecular complexity index is 811. The molecule has 0 aliphatic rings. The van der Waals surface area contributed by atoms with Crippen LogP contribution in [-0.4, -0.2) is 12.7 Å². The van der Waals surface area contributed by atoms with Gasteiger partial charge in [-0.3, -0.25) is 0 Å². The molecule has 0 bridgehead atoms. The highest BCUT2D eigenvalue weighted by Gasteiger charge is 2.29. The fourth-order valence-electron chi connectivity index (χ4n) is 2.02. The number of aromatic nitrogens is 2. The number of hydrogen-bond donors (Lipinski definition) is 1. The predicted molar refractivity (Wildman–Crippen MR) is 76.7 cm³/mol. The van der Waals surface area contributed by atoms with Crippen molar-refractivity contribution in [2.24, 2.45) is 0 Å². The van der Waals surface area contributed by atoms with Crippen molar-refractivity contribution >= 4 is 22.9 Å². The van der Waals surface area contributed by atoms with Gasteiger partial charge in [-0.2, -0.15) is 15.4 Å². The lowest BCUT2D eigenvalue weighted by Gasteiger charge is -2.13. The van der Waals surface area contributed by atoms with Crippen LogP contribution in [0, 0.1) is 35.6 Å². The van der Waals surface area contributed by atoms with E-state index in [9.17, 15) is 15.2 Å². The lowest BCUT2D eigenvalue weighted by molar-refractivity contribution is -0.620. The third-order valence-corrected chi connectivity index (χ3v) is 3.26. The van der Waals surface area contributed by atoms with Gasteiger partial charge in [-0.1, -0.05) is 0 Å². The monoisotopic (exact) mass is 302 g/mol. The molecule has 2 aromatic rings. The van der Waals surface area contributed by atoms with Gasteiger partial charge in [0.25, 0.3) is 5.52 Å². The van der Waals surface area contributed by atoms with Crippen molar-refractivity contribution in [1.29, 1.82) is 5.26 Å². The molecule has 114 valence electrons. The minimum atomic E-state index is -0.910. The highest BCUT2D eigenvalue weighted by Crippen LogP contribution is 2.17. The molecular weight excluding hydrogens is 288 g/mol. The van der Waals surface area contributed by atoms with Crippen molar-refractivity contribution in [2.75, 3.05) is 11.9 Å². The van der Waals surface area contributed by atoms with Crippen LogP contribution in [0.4, 0.5) is 10.6 Å². The van der Waals surface area contributed by atoms with Crippen LogP contribution in [0.25, 0.3) is 11.0 Å². The lowest BCUT2D eigenvalue weighted by Crippen LogP contribution is -2.44. The molecule has 1 amide bonds. The van der Waals surface area contributed by atoms with Gasteiger partial charge in [0.2, 0.25) is 5.52 Å². The van der Waals surface area contributed by atoms with E-state index in [0.29, 0.717) is 9.46 Å². The second kappa shape index (κ2) is 5.73. The highest BCUT2D eigenvalue weighted by atomic mass is 16.5. The number of fused-ring (bicyclic) bond motifs is 1. The zero-order valence-corrected chi connectivity index (χ0v) is 12.3. The van der Waals surface area contributed by atoms with E-state index in [2.05, 4.69) is 10.1 Å². The number of carbonyl (C=O) groups is 1. The zero-order valence-electron chi connectivity index (χ0n) is 12.3. The smallest absolute Gasteiger partial charge is 0.505 e. The van der Waals surface area contributed by atoms with Crippen molar-refractivity contribution in [2.45, 2.75) is 20.8 Å². The van der Waals surface area contributed by atoms with Gasteiger partial charge in [-0.15, -0.1) is 4.73 Å².